The van der Waals surface area contributed by atoms with Crippen LogP contribution in [0, 0.1) is 0 Å². The summed E-state index contributed by atoms with van der Waals surface area (Å²) in [6.45, 7) is 2.82. The van der Waals surface area contributed by atoms with Crippen LogP contribution in [0.5, 0.6) is 0 Å². The molecule has 3 saturated heterocycles. The normalized spacial score (nSPS) is 25.4. The Hall–Kier alpha value is -2.55. The zero-order valence-electron chi connectivity index (χ0n) is 14.3. The summed E-state index contributed by atoms with van der Waals surface area (Å²) in [5, 5.41) is 0. The van der Waals surface area contributed by atoms with Crippen LogP contribution in [0.2, 0.25) is 0 Å². The smallest absolute Gasteiger partial charge is 0.227 e. The maximum atomic E-state index is 13.5. The van der Waals surface area contributed by atoms with Gasteiger partial charge in [0.15, 0.2) is 0 Å². The SMILES string of the molecule is Nc1ncc(-c2cc(N3CC4OC[C@H]43)nc(N3CCC(F)CC3)n2)cn1. The third kappa shape index (κ3) is 2.63. The summed E-state index contributed by atoms with van der Waals surface area (Å²) in [4.78, 5) is 21.9. The zero-order valence-corrected chi connectivity index (χ0v) is 14.3. The molecule has 5 rings (SSSR count). The maximum absolute atomic E-state index is 13.5. The number of anilines is 3. The Balaban J connectivity index is 1.51. The highest BCUT2D eigenvalue weighted by Crippen LogP contribution is 2.36. The van der Waals surface area contributed by atoms with Crippen molar-refractivity contribution in [1.82, 2.24) is 19.9 Å². The molecule has 2 aromatic rings. The summed E-state index contributed by atoms with van der Waals surface area (Å²) in [6.07, 6.45) is 3.93. The molecule has 5 heterocycles. The summed E-state index contributed by atoms with van der Waals surface area (Å²) < 4.78 is 19.0. The van der Waals surface area contributed by atoms with Gasteiger partial charge in [0.25, 0.3) is 0 Å². The van der Waals surface area contributed by atoms with Crippen molar-refractivity contribution in [3.63, 3.8) is 0 Å². The van der Waals surface area contributed by atoms with Crippen molar-refractivity contribution in [2.45, 2.75) is 31.2 Å². The Morgan fingerprint density at radius 2 is 1.92 bits per heavy atom. The lowest BCUT2D eigenvalue weighted by molar-refractivity contribution is -0.113. The lowest BCUT2D eigenvalue weighted by Gasteiger charge is -2.55. The molecule has 0 aromatic carbocycles. The minimum Gasteiger partial charge on any atom is -0.372 e. The van der Waals surface area contributed by atoms with E-state index in [9.17, 15) is 4.39 Å². The van der Waals surface area contributed by atoms with E-state index in [1.54, 1.807) is 12.4 Å². The van der Waals surface area contributed by atoms with E-state index in [2.05, 4.69) is 19.8 Å². The van der Waals surface area contributed by atoms with Gasteiger partial charge in [-0.25, -0.2) is 19.3 Å². The molecule has 9 heteroatoms. The van der Waals surface area contributed by atoms with E-state index in [1.165, 1.54) is 0 Å². The number of hydrogen-bond donors (Lipinski definition) is 1. The Kier molecular flexibility index (Phi) is 3.63. The van der Waals surface area contributed by atoms with E-state index < -0.39 is 6.17 Å². The fourth-order valence-corrected chi connectivity index (χ4v) is 3.61. The Labute approximate surface area is 150 Å². The highest BCUT2D eigenvalue weighted by molar-refractivity contribution is 5.65. The van der Waals surface area contributed by atoms with Gasteiger partial charge < -0.3 is 20.3 Å². The van der Waals surface area contributed by atoms with Gasteiger partial charge in [0, 0.05) is 43.7 Å². The van der Waals surface area contributed by atoms with E-state index in [0.29, 0.717) is 44.0 Å². The average Bonchev–Trinajstić information content (AvgIpc) is 2.65. The molecular formula is C17H20FN7O. The molecule has 0 aliphatic carbocycles. The second kappa shape index (κ2) is 6.01. The van der Waals surface area contributed by atoms with Crippen LogP contribution < -0.4 is 15.5 Å². The highest BCUT2D eigenvalue weighted by Gasteiger charge is 2.48. The van der Waals surface area contributed by atoms with Crippen LogP contribution in [-0.4, -0.2) is 64.5 Å². The molecule has 2 atom stereocenters. The number of hydrogen-bond acceptors (Lipinski definition) is 8. The van der Waals surface area contributed by atoms with E-state index in [1.807, 2.05) is 6.07 Å². The zero-order chi connectivity index (χ0) is 17.7. The second-order valence-corrected chi connectivity index (χ2v) is 6.99. The van der Waals surface area contributed by atoms with Crippen molar-refractivity contribution < 1.29 is 9.13 Å². The third-order valence-corrected chi connectivity index (χ3v) is 5.36. The number of ether oxygens (including phenoxy) is 1. The third-order valence-electron chi connectivity index (χ3n) is 5.36. The molecule has 2 N–H and O–H groups in total. The standard InChI is InChI=1S/C17H20FN7O/c18-11-1-3-24(4-2-11)17-22-12(10-6-20-16(19)21-7-10)5-15(23-17)25-8-14-13(25)9-26-14/h5-7,11,13-14H,1-4,8-9H2,(H2,19,20,21)/t13-,14?/m1/s1. The minimum atomic E-state index is -0.734. The topological polar surface area (TPSA) is 93.3 Å². The summed E-state index contributed by atoms with van der Waals surface area (Å²) >= 11 is 0. The molecule has 3 fully saturated rings. The number of fused-ring (bicyclic) bond motifs is 1. The van der Waals surface area contributed by atoms with Crippen molar-refractivity contribution in [2.24, 2.45) is 0 Å². The Morgan fingerprint density at radius 1 is 1.15 bits per heavy atom. The molecule has 1 unspecified atom stereocenters. The molecule has 0 radical (unpaired) electrons. The Bertz CT molecular complexity index is 809. The summed E-state index contributed by atoms with van der Waals surface area (Å²) in [5.74, 6) is 1.73. The first-order valence-electron chi connectivity index (χ1n) is 8.91. The van der Waals surface area contributed by atoms with Gasteiger partial charge in [-0.2, -0.15) is 4.98 Å². The van der Waals surface area contributed by atoms with Crippen molar-refractivity contribution in [3.05, 3.63) is 18.5 Å². The molecule has 0 amide bonds. The number of morpholine rings is 1. The van der Waals surface area contributed by atoms with E-state index >= 15 is 0 Å². The minimum absolute atomic E-state index is 0.227. The van der Waals surface area contributed by atoms with Crippen LogP contribution in [-0.2, 0) is 4.74 Å². The number of nitrogen functional groups attached to an aromatic ring is 1. The molecule has 0 bridgehead atoms. The number of aromatic nitrogens is 4. The van der Waals surface area contributed by atoms with E-state index in [-0.39, 0.29) is 5.95 Å². The fraction of sp³-hybridized carbons (Fsp3) is 0.529. The molecule has 3 aliphatic rings. The largest absolute Gasteiger partial charge is 0.372 e. The fourth-order valence-electron chi connectivity index (χ4n) is 3.61. The first-order valence-corrected chi connectivity index (χ1v) is 8.91. The van der Waals surface area contributed by atoms with Gasteiger partial charge in [0.1, 0.15) is 12.0 Å². The number of rotatable bonds is 3. The van der Waals surface area contributed by atoms with Crippen LogP contribution in [0.25, 0.3) is 11.3 Å². The summed E-state index contributed by atoms with van der Waals surface area (Å²) in [6, 6.07) is 2.35. The maximum Gasteiger partial charge on any atom is 0.227 e. The van der Waals surface area contributed by atoms with Crippen LogP contribution in [0.3, 0.4) is 0 Å². The monoisotopic (exact) mass is 357 g/mol. The highest BCUT2D eigenvalue weighted by atomic mass is 19.1. The number of nitrogens with zero attached hydrogens (tertiary/aromatic N) is 6. The van der Waals surface area contributed by atoms with Crippen LogP contribution in [0.4, 0.5) is 22.1 Å². The molecular weight excluding hydrogens is 337 g/mol. The first kappa shape index (κ1) is 15.7. The van der Waals surface area contributed by atoms with Gasteiger partial charge in [0.2, 0.25) is 11.9 Å². The van der Waals surface area contributed by atoms with Gasteiger partial charge in [-0.15, -0.1) is 0 Å². The van der Waals surface area contributed by atoms with E-state index in [4.69, 9.17) is 20.4 Å². The number of nitrogens with two attached hydrogens (primary N) is 1. The molecule has 8 nitrogen and oxygen atoms in total. The number of piperidine rings is 1. The molecule has 2 aromatic heterocycles. The van der Waals surface area contributed by atoms with Crippen LogP contribution in [0.15, 0.2) is 18.5 Å². The van der Waals surface area contributed by atoms with Crippen LogP contribution >= 0.6 is 0 Å². The summed E-state index contributed by atoms with van der Waals surface area (Å²) in [7, 11) is 0. The summed E-state index contributed by atoms with van der Waals surface area (Å²) in [5.41, 5.74) is 7.12. The number of alkyl halides is 1. The second-order valence-electron chi connectivity index (χ2n) is 6.99. The number of halogens is 1. The van der Waals surface area contributed by atoms with Gasteiger partial charge in [-0.1, -0.05) is 0 Å². The lowest BCUT2D eigenvalue weighted by atomic mass is 9.95. The van der Waals surface area contributed by atoms with Gasteiger partial charge in [0.05, 0.1) is 24.4 Å². The molecule has 26 heavy (non-hydrogen) atoms. The lowest BCUT2D eigenvalue weighted by Crippen LogP contribution is -2.71. The molecule has 0 spiro atoms. The first-order chi connectivity index (χ1) is 12.7. The quantitative estimate of drug-likeness (QED) is 0.871. The van der Waals surface area contributed by atoms with Gasteiger partial charge in [-0.3, -0.25) is 0 Å². The predicted octanol–water partition coefficient (Wildman–Crippen LogP) is 1.04. The molecule has 0 saturated carbocycles. The van der Waals surface area contributed by atoms with E-state index in [0.717, 1.165) is 30.2 Å². The van der Waals surface area contributed by atoms with Crippen molar-refractivity contribution in [1.29, 1.82) is 0 Å². The molecule has 3 aliphatic heterocycles. The van der Waals surface area contributed by atoms with Crippen LogP contribution in [0.1, 0.15) is 12.8 Å². The van der Waals surface area contributed by atoms with Crippen molar-refractivity contribution in [2.75, 3.05) is 41.8 Å². The van der Waals surface area contributed by atoms with Gasteiger partial charge in [-0.05, 0) is 12.8 Å². The van der Waals surface area contributed by atoms with Gasteiger partial charge >= 0.3 is 0 Å². The Morgan fingerprint density at radius 3 is 2.54 bits per heavy atom. The predicted molar refractivity (Wildman–Crippen MR) is 94.7 cm³/mol. The molecule has 136 valence electrons. The van der Waals surface area contributed by atoms with Crippen molar-refractivity contribution >= 4 is 17.7 Å². The van der Waals surface area contributed by atoms with Crippen molar-refractivity contribution in [3.8, 4) is 11.3 Å². The average molecular weight is 357 g/mol.